The van der Waals surface area contributed by atoms with Crippen LogP contribution in [0.1, 0.15) is 39.9 Å². The Hall–Kier alpha value is -1.36. The lowest BCUT2D eigenvalue weighted by Crippen LogP contribution is -2.50. The van der Waals surface area contributed by atoms with E-state index in [1.165, 1.54) is 4.90 Å². The van der Waals surface area contributed by atoms with Gasteiger partial charge >= 0.3 is 5.97 Å². The molecule has 1 unspecified atom stereocenters. The molecular formula is C13H17NO3S. The molecule has 5 heteroatoms. The van der Waals surface area contributed by atoms with E-state index < -0.39 is 11.5 Å². The van der Waals surface area contributed by atoms with E-state index in [9.17, 15) is 14.7 Å². The van der Waals surface area contributed by atoms with Gasteiger partial charge in [0.2, 0.25) is 0 Å². The van der Waals surface area contributed by atoms with Crippen LogP contribution in [-0.2, 0) is 4.79 Å². The predicted octanol–water partition coefficient (Wildman–Crippen LogP) is 2.44. The van der Waals surface area contributed by atoms with E-state index in [1.807, 2.05) is 19.9 Å². The molecule has 1 aromatic heterocycles. The van der Waals surface area contributed by atoms with Crippen molar-refractivity contribution in [3.05, 3.63) is 21.4 Å². The lowest BCUT2D eigenvalue weighted by molar-refractivity contribution is -0.147. The van der Waals surface area contributed by atoms with Gasteiger partial charge in [0.25, 0.3) is 5.91 Å². The van der Waals surface area contributed by atoms with E-state index in [2.05, 4.69) is 0 Å². The Morgan fingerprint density at radius 2 is 2.11 bits per heavy atom. The van der Waals surface area contributed by atoms with Gasteiger partial charge in [-0.2, -0.15) is 0 Å². The number of likely N-dealkylation sites (tertiary alicyclic amines) is 1. The summed E-state index contributed by atoms with van der Waals surface area (Å²) >= 11 is 1.57. The largest absolute Gasteiger partial charge is 0.480 e. The third kappa shape index (κ3) is 1.92. The first kappa shape index (κ1) is 13.1. The van der Waals surface area contributed by atoms with Crippen molar-refractivity contribution in [1.82, 2.24) is 4.90 Å². The van der Waals surface area contributed by atoms with Gasteiger partial charge in [0.15, 0.2) is 0 Å². The number of carboxylic acid groups (broad SMARTS) is 1. The summed E-state index contributed by atoms with van der Waals surface area (Å²) in [5.74, 6) is -1.07. The van der Waals surface area contributed by atoms with Crippen LogP contribution >= 0.6 is 11.3 Å². The molecule has 1 N–H and O–H groups in total. The summed E-state index contributed by atoms with van der Waals surface area (Å²) in [4.78, 5) is 27.4. The Morgan fingerprint density at radius 3 is 2.61 bits per heavy atom. The maximum absolute atomic E-state index is 12.5. The van der Waals surface area contributed by atoms with Crippen LogP contribution in [0.15, 0.2) is 6.07 Å². The topological polar surface area (TPSA) is 57.6 Å². The Kier molecular flexibility index (Phi) is 3.19. The van der Waals surface area contributed by atoms with Crippen molar-refractivity contribution in [3.8, 4) is 0 Å². The second-order valence-corrected chi connectivity index (χ2v) is 6.43. The summed E-state index contributed by atoms with van der Waals surface area (Å²) in [5, 5.41) is 9.32. The standard InChI is InChI=1S/C13H17NO3S/c1-8-7-10(9(2)18-8)11(15)14-6-4-5-13(14,3)12(16)17/h7H,4-6H2,1-3H3,(H,16,17). The Labute approximate surface area is 110 Å². The average molecular weight is 267 g/mol. The normalized spacial score (nSPS) is 23.4. The molecule has 0 saturated carbocycles. The molecule has 0 aliphatic carbocycles. The SMILES string of the molecule is Cc1cc(C(=O)N2CCCC2(C)C(=O)O)c(C)s1. The number of thiophene rings is 1. The third-order valence-corrected chi connectivity index (χ3v) is 4.58. The number of carbonyl (C=O) groups excluding carboxylic acids is 1. The van der Waals surface area contributed by atoms with E-state index in [0.717, 1.165) is 16.2 Å². The zero-order valence-electron chi connectivity index (χ0n) is 10.8. The predicted molar refractivity (Wildman–Crippen MR) is 70.1 cm³/mol. The van der Waals surface area contributed by atoms with Crippen LogP contribution in [0.5, 0.6) is 0 Å². The molecule has 1 saturated heterocycles. The average Bonchev–Trinajstić information content (AvgIpc) is 2.82. The van der Waals surface area contributed by atoms with Crippen LogP contribution in [0.3, 0.4) is 0 Å². The van der Waals surface area contributed by atoms with Crippen LogP contribution < -0.4 is 0 Å². The molecule has 1 aromatic rings. The number of carboxylic acids is 1. The molecule has 1 amide bonds. The fraction of sp³-hybridized carbons (Fsp3) is 0.538. The maximum Gasteiger partial charge on any atom is 0.329 e. The molecule has 18 heavy (non-hydrogen) atoms. The highest BCUT2D eigenvalue weighted by Gasteiger charge is 2.46. The molecule has 2 rings (SSSR count). The monoisotopic (exact) mass is 267 g/mol. The molecule has 4 nitrogen and oxygen atoms in total. The lowest BCUT2D eigenvalue weighted by Gasteiger charge is -2.31. The van der Waals surface area contributed by atoms with Crippen molar-refractivity contribution in [1.29, 1.82) is 0 Å². The summed E-state index contributed by atoms with van der Waals surface area (Å²) in [6, 6.07) is 1.85. The summed E-state index contributed by atoms with van der Waals surface area (Å²) in [6.45, 7) is 6.01. The molecule has 1 aliphatic heterocycles. The highest BCUT2D eigenvalue weighted by molar-refractivity contribution is 7.12. The summed E-state index contributed by atoms with van der Waals surface area (Å²) in [5.41, 5.74) is -0.411. The van der Waals surface area contributed by atoms with Gasteiger partial charge in [-0.25, -0.2) is 4.79 Å². The zero-order chi connectivity index (χ0) is 13.5. The number of carbonyl (C=O) groups is 2. The minimum Gasteiger partial charge on any atom is -0.480 e. The first-order valence-electron chi connectivity index (χ1n) is 5.98. The first-order valence-corrected chi connectivity index (χ1v) is 6.80. The Bertz CT molecular complexity index is 508. The van der Waals surface area contributed by atoms with E-state index in [1.54, 1.807) is 18.3 Å². The number of hydrogen-bond acceptors (Lipinski definition) is 3. The highest BCUT2D eigenvalue weighted by atomic mass is 32.1. The highest BCUT2D eigenvalue weighted by Crippen LogP contribution is 2.32. The minimum absolute atomic E-state index is 0.153. The maximum atomic E-state index is 12.5. The fourth-order valence-electron chi connectivity index (χ4n) is 2.50. The number of hydrogen-bond donors (Lipinski definition) is 1. The van der Waals surface area contributed by atoms with Gasteiger partial charge in [0, 0.05) is 16.3 Å². The third-order valence-electron chi connectivity index (χ3n) is 3.62. The molecule has 1 aliphatic rings. The van der Waals surface area contributed by atoms with Crippen molar-refractivity contribution < 1.29 is 14.7 Å². The molecule has 0 aromatic carbocycles. The number of nitrogens with zero attached hydrogens (tertiary/aromatic N) is 1. The van der Waals surface area contributed by atoms with Crippen LogP contribution in [0.4, 0.5) is 0 Å². The van der Waals surface area contributed by atoms with Crippen molar-refractivity contribution in [2.45, 2.75) is 39.2 Å². The summed E-state index contributed by atoms with van der Waals surface area (Å²) in [6.07, 6.45) is 1.27. The molecule has 1 atom stereocenters. The van der Waals surface area contributed by atoms with Gasteiger partial charge in [-0.05, 0) is 39.7 Å². The molecule has 0 radical (unpaired) electrons. The molecule has 0 bridgehead atoms. The first-order chi connectivity index (χ1) is 8.36. The second kappa shape index (κ2) is 4.39. The van der Waals surface area contributed by atoms with Crippen LogP contribution in [0.25, 0.3) is 0 Å². The van der Waals surface area contributed by atoms with Crippen LogP contribution in [0, 0.1) is 13.8 Å². The van der Waals surface area contributed by atoms with Gasteiger partial charge in [0.05, 0.1) is 5.56 Å². The van der Waals surface area contributed by atoms with Crippen molar-refractivity contribution >= 4 is 23.2 Å². The van der Waals surface area contributed by atoms with Crippen molar-refractivity contribution in [3.63, 3.8) is 0 Å². The van der Waals surface area contributed by atoms with E-state index in [-0.39, 0.29) is 5.91 Å². The zero-order valence-corrected chi connectivity index (χ0v) is 11.6. The van der Waals surface area contributed by atoms with E-state index in [4.69, 9.17) is 0 Å². The number of amides is 1. The van der Waals surface area contributed by atoms with Crippen LogP contribution in [0.2, 0.25) is 0 Å². The van der Waals surface area contributed by atoms with E-state index in [0.29, 0.717) is 18.5 Å². The Balaban J connectivity index is 2.34. The molecule has 98 valence electrons. The molecule has 2 heterocycles. The summed E-state index contributed by atoms with van der Waals surface area (Å²) < 4.78 is 0. The Morgan fingerprint density at radius 1 is 1.44 bits per heavy atom. The number of aryl methyl sites for hydroxylation is 2. The van der Waals surface area contributed by atoms with Gasteiger partial charge in [-0.3, -0.25) is 4.79 Å². The minimum atomic E-state index is -1.06. The smallest absolute Gasteiger partial charge is 0.329 e. The molecule has 0 spiro atoms. The van der Waals surface area contributed by atoms with Gasteiger partial charge < -0.3 is 10.0 Å². The molecular weight excluding hydrogens is 250 g/mol. The lowest BCUT2D eigenvalue weighted by atomic mass is 9.98. The van der Waals surface area contributed by atoms with Gasteiger partial charge in [-0.1, -0.05) is 0 Å². The summed E-state index contributed by atoms with van der Waals surface area (Å²) in [7, 11) is 0. The van der Waals surface area contributed by atoms with Gasteiger partial charge in [-0.15, -0.1) is 11.3 Å². The van der Waals surface area contributed by atoms with Crippen LogP contribution in [-0.4, -0.2) is 34.0 Å². The van der Waals surface area contributed by atoms with E-state index >= 15 is 0 Å². The van der Waals surface area contributed by atoms with Crippen molar-refractivity contribution in [2.24, 2.45) is 0 Å². The molecule has 1 fully saturated rings. The second-order valence-electron chi connectivity index (χ2n) is 4.97. The number of rotatable bonds is 2. The quantitative estimate of drug-likeness (QED) is 0.895. The fourth-order valence-corrected chi connectivity index (χ4v) is 3.42. The number of aliphatic carboxylic acids is 1. The van der Waals surface area contributed by atoms with Crippen molar-refractivity contribution in [2.75, 3.05) is 6.54 Å². The van der Waals surface area contributed by atoms with Gasteiger partial charge in [0.1, 0.15) is 5.54 Å².